The molecule has 1 aromatic carbocycles. The van der Waals surface area contributed by atoms with E-state index in [1.54, 1.807) is 17.0 Å². The number of likely N-dealkylation sites (N-methyl/N-ethyl adjacent to an activating group) is 1. The van der Waals surface area contributed by atoms with Gasteiger partial charge in [-0.2, -0.15) is 0 Å². The van der Waals surface area contributed by atoms with Gasteiger partial charge >= 0.3 is 0 Å². The smallest absolute Gasteiger partial charge is 0.258 e. The SMILES string of the molecule is C=C/C(=C\C1=CCN(C(=O)c2cc(C(C)C)c(O)cc2O)C1)C(CO)N(C)C. The Hall–Kier alpha value is -2.57. The van der Waals surface area contributed by atoms with Crippen molar-refractivity contribution in [3.05, 3.63) is 59.2 Å². The van der Waals surface area contributed by atoms with E-state index in [-0.39, 0.29) is 41.5 Å². The van der Waals surface area contributed by atoms with Crippen LogP contribution in [-0.2, 0) is 0 Å². The zero-order chi connectivity index (χ0) is 21.0. The van der Waals surface area contributed by atoms with E-state index in [9.17, 15) is 20.1 Å². The minimum Gasteiger partial charge on any atom is -0.508 e. The molecule has 0 saturated carbocycles. The first-order valence-corrected chi connectivity index (χ1v) is 9.35. The third kappa shape index (κ3) is 4.64. The summed E-state index contributed by atoms with van der Waals surface area (Å²) >= 11 is 0. The lowest BCUT2D eigenvalue weighted by molar-refractivity contribution is 0.0795. The number of hydrogen-bond acceptors (Lipinski definition) is 5. The van der Waals surface area contributed by atoms with E-state index in [0.29, 0.717) is 18.7 Å². The summed E-state index contributed by atoms with van der Waals surface area (Å²) in [6.07, 6.45) is 5.61. The minimum absolute atomic E-state index is 0.0124. The maximum absolute atomic E-state index is 12.9. The number of aliphatic hydroxyl groups excluding tert-OH is 1. The van der Waals surface area contributed by atoms with E-state index in [0.717, 1.165) is 11.1 Å². The quantitative estimate of drug-likeness (QED) is 0.628. The zero-order valence-corrected chi connectivity index (χ0v) is 17.0. The van der Waals surface area contributed by atoms with Crippen molar-refractivity contribution in [2.24, 2.45) is 0 Å². The molecule has 0 bridgehead atoms. The Bertz CT molecular complexity index is 809. The largest absolute Gasteiger partial charge is 0.508 e. The minimum atomic E-state index is -0.287. The van der Waals surface area contributed by atoms with Gasteiger partial charge in [0.05, 0.1) is 18.2 Å². The predicted molar refractivity (Wildman–Crippen MR) is 111 cm³/mol. The molecule has 1 aliphatic heterocycles. The average Bonchev–Trinajstić information content (AvgIpc) is 3.09. The zero-order valence-electron chi connectivity index (χ0n) is 17.0. The summed E-state index contributed by atoms with van der Waals surface area (Å²) in [6.45, 7) is 8.47. The van der Waals surface area contributed by atoms with Gasteiger partial charge in [-0.25, -0.2) is 0 Å². The summed E-state index contributed by atoms with van der Waals surface area (Å²) < 4.78 is 0. The van der Waals surface area contributed by atoms with E-state index in [1.807, 2.05) is 45.0 Å². The van der Waals surface area contributed by atoms with Crippen molar-refractivity contribution >= 4 is 5.91 Å². The summed E-state index contributed by atoms with van der Waals surface area (Å²) in [6, 6.07) is 2.62. The van der Waals surface area contributed by atoms with Crippen LogP contribution in [0.2, 0.25) is 0 Å². The fourth-order valence-electron chi connectivity index (χ4n) is 3.31. The van der Waals surface area contributed by atoms with Gasteiger partial charge in [-0.15, -0.1) is 0 Å². The molecule has 3 N–H and O–H groups in total. The molecule has 1 amide bonds. The van der Waals surface area contributed by atoms with Crippen molar-refractivity contribution in [2.45, 2.75) is 25.8 Å². The Morgan fingerprint density at radius 2 is 1.96 bits per heavy atom. The number of rotatable bonds is 7. The lowest BCUT2D eigenvalue weighted by atomic mass is 9.98. The molecule has 0 aromatic heterocycles. The number of nitrogens with zero attached hydrogens (tertiary/aromatic N) is 2. The third-order valence-corrected chi connectivity index (χ3v) is 5.00. The van der Waals surface area contributed by atoms with Gasteiger partial charge < -0.3 is 25.1 Å². The highest BCUT2D eigenvalue weighted by molar-refractivity contribution is 5.98. The average molecular weight is 386 g/mol. The van der Waals surface area contributed by atoms with Crippen LogP contribution >= 0.6 is 0 Å². The van der Waals surface area contributed by atoms with Gasteiger partial charge in [-0.05, 0) is 42.8 Å². The summed E-state index contributed by atoms with van der Waals surface area (Å²) in [7, 11) is 3.77. The number of benzene rings is 1. The van der Waals surface area contributed by atoms with Gasteiger partial charge in [0.2, 0.25) is 0 Å². The second kappa shape index (κ2) is 9.08. The molecule has 1 aromatic rings. The van der Waals surface area contributed by atoms with Gasteiger partial charge in [0.1, 0.15) is 11.5 Å². The number of amides is 1. The maximum atomic E-state index is 12.9. The van der Waals surface area contributed by atoms with E-state index in [2.05, 4.69) is 6.58 Å². The van der Waals surface area contributed by atoms with Crippen molar-refractivity contribution in [1.29, 1.82) is 0 Å². The molecule has 0 spiro atoms. The molecule has 1 heterocycles. The summed E-state index contributed by atoms with van der Waals surface area (Å²) in [4.78, 5) is 16.5. The number of carbonyl (C=O) groups is 1. The van der Waals surface area contributed by atoms with Crippen LogP contribution in [0.25, 0.3) is 0 Å². The number of aromatic hydroxyl groups is 2. The van der Waals surface area contributed by atoms with Crippen molar-refractivity contribution in [2.75, 3.05) is 33.8 Å². The Balaban J connectivity index is 2.21. The lowest BCUT2D eigenvalue weighted by Gasteiger charge is -2.23. The van der Waals surface area contributed by atoms with Crippen LogP contribution in [0.1, 0.15) is 35.7 Å². The van der Waals surface area contributed by atoms with Crippen LogP contribution < -0.4 is 0 Å². The topological polar surface area (TPSA) is 84.2 Å². The van der Waals surface area contributed by atoms with Crippen LogP contribution in [0.3, 0.4) is 0 Å². The van der Waals surface area contributed by atoms with E-state index >= 15 is 0 Å². The Morgan fingerprint density at radius 3 is 2.50 bits per heavy atom. The molecular weight excluding hydrogens is 356 g/mol. The number of carbonyl (C=O) groups excluding carboxylic acids is 1. The van der Waals surface area contributed by atoms with Gasteiger partial charge in [0, 0.05) is 19.2 Å². The molecule has 1 atom stereocenters. The maximum Gasteiger partial charge on any atom is 0.258 e. The second-order valence-corrected chi connectivity index (χ2v) is 7.56. The molecule has 6 nitrogen and oxygen atoms in total. The first-order chi connectivity index (χ1) is 13.2. The van der Waals surface area contributed by atoms with E-state index in [4.69, 9.17) is 0 Å². The third-order valence-electron chi connectivity index (χ3n) is 5.00. The first-order valence-electron chi connectivity index (χ1n) is 9.35. The van der Waals surface area contributed by atoms with Gasteiger partial charge in [0.25, 0.3) is 5.91 Å². The van der Waals surface area contributed by atoms with Crippen molar-refractivity contribution in [3.63, 3.8) is 0 Å². The molecule has 1 unspecified atom stereocenters. The standard InChI is InChI=1S/C22H30N2O4/c1-6-16(19(13-25)23(4)5)9-15-7-8-24(12-15)22(28)18-10-17(14(2)3)20(26)11-21(18)27/h6-7,9-11,14,19,25-27H,1,8,12-13H2,2-5H3/b16-9+. The van der Waals surface area contributed by atoms with Crippen molar-refractivity contribution in [1.82, 2.24) is 9.80 Å². The van der Waals surface area contributed by atoms with Crippen molar-refractivity contribution in [3.8, 4) is 11.5 Å². The van der Waals surface area contributed by atoms with Crippen LogP contribution in [0.5, 0.6) is 11.5 Å². The molecule has 2 rings (SSSR count). The summed E-state index contributed by atoms with van der Waals surface area (Å²) in [5.41, 5.74) is 2.64. The highest BCUT2D eigenvalue weighted by Gasteiger charge is 2.25. The fourth-order valence-corrected chi connectivity index (χ4v) is 3.31. The highest BCUT2D eigenvalue weighted by atomic mass is 16.3. The van der Waals surface area contributed by atoms with Gasteiger partial charge in [0.15, 0.2) is 0 Å². The molecule has 28 heavy (non-hydrogen) atoms. The molecule has 1 aliphatic rings. The number of phenols is 2. The molecule has 0 fully saturated rings. The molecule has 0 saturated heterocycles. The lowest BCUT2D eigenvalue weighted by Crippen LogP contribution is -2.33. The van der Waals surface area contributed by atoms with E-state index < -0.39 is 0 Å². The van der Waals surface area contributed by atoms with Crippen LogP contribution in [-0.4, -0.2) is 70.9 Å². The highest BCUT2D eigenvalue weighted by Crippen LogP contribution is 2.33. The second-order valence-electron chi connectivity index (χ2n) is 7.56. The fraction of sp³-hybridized carbons (Fsp3) is 0.409. The summed E-state index contributed by atoms with van der Waals surface area (Å²) in [5.74, 6) is -0.498. The van der Waals surface area contributed by atoms with Crippen LogP contribution in [0, 0.1) is 0 Å². The Labute approximate surface area is 166 Å². The number of hydrogen-bond donors (Lipinski definition) is 3. The predicted octanol–water partition coefficient (Wildman–Crippen LogP) is 2.64. The van der Waals surface area contributed by atoms with Crippen LogP contribution in [0.4, 0.5) is 0 Å². The molecule has 6 heteroatoms. The molecular formula is C22H30N2O4. The molecule has 0 radical (unpaired) electrons. The van der Waals surface area contributed by atoms with Gasteiger partial charge in [-0.3, -0.25) is 4.79 Å². The Morgan fingerprint density at radius 1 is 1.29 bits per heavy atom. The van der Waals surface area contributed by atoms with Crippen LogP contribution in [0.15, 0.2) is 48.1 Å². The summed E-state index contributed by atoms with van der Waals surface area (Å²) in [5, 5.41) is 29.8. The number of phenolic OH excluding ortho intramolecular Hbond substituents is 2. The molecule has 152 valence electrons. The Kier molecular flexibility index (Phi) is 7.05. The van der Waals surface area contributed by atoms with E-state index in [1.165, 1.54) is 6.07 Å². The first kappa shape index (κ1) is 21.7. The molecule has 0 aliphatic carbocycles. The van der Waals surface area contributed by atoms with Crippen molar-refractivity contribution < 1.29 is 20.1 Å². The number of aliphatic hydroxyl groups is 1. The van der Waals surface area contributed by atoms with Gasteiger partial charge in [-0.1, -0.05) is 38.7 Å². The normalized spacial score (nSPS) is 15.9. The monoisotopic (exact) mass is 386 g/mol.